The number of amides is 1. The van der Waals surface area contributed by atoms with Crippen molar-refractivity contribution in [3.05, 3.63) is 59.9 Å². The molecule has 0 aliphatic heterocycles. The first-order valence-corrected chi connectivity index (χ1v) is 8.98. The van der Waals surface area contributed by atoms with Crippen molar-refractivity contribution in [1.29, 1.82) is 0 Å². The number of aromatic nitrogens is 3. The number of benzene rings is 2. The molecule has 0 saturated carbocycles. The zero-order valence-corrected chi connectivity index (χ0v) is 14.9. The molecule has 3 aromatic rings. The molecule has 1 aromatic heterocycles. The summed E-state index contributed by atoms with van der Waals surface area (Å²) in [5.41, 5.74) is 2.53. The van der Waals surface area contributed by atoms with Gasteiger partial charge in [0.2, 0.25) is 5.91 Å². The Balaban J connectivity index is 1.74. The lowest BCUT2D eigenvalue weighted by atomic mass is 10.2. The third-order valence-corrected chi connectivity index (χ3v) is 4.38. The molecule has 1 heterocycles. The molecule has 0 saturated heterocycles. The zero-order valence-electron chi connectivity index (χ0n) is 14.9. The minimum absolute atomic E-state index is 0.0129. The van der Waals surface area contributed by atoms with E-state index in [1.807, 2.05) is 29.2 Å². The Morgan fingerprint density at radius 1 is 1.12 bits per heavy atom. The van der Waals surface area contributed by atoms with Gasteiger partial charge in [0.15, 0.2) is 0 Å². The van der Waals surface area contributed by atoms with Gasteiger partial charge in [0.1, 0.15) is 17.9 Å². The first kappa shape index (κ1) is 18.0. The Morgan fingerprint density at radius 3 is 2.65 bits per heavy atom. The first-order valence-electron chi connectivity index (χ1n) is 8.98. The summed E-state index contributed by atoms with van der Waals surface area (Å²) >= 11 is 0. The third kappa shape index (κ3) is 4.45. The van der Waals surface area contributed by atoms with Crippen molar-refractivity contribution in [3.8, 4) is 0 Å². The van der Waals surface area contributed by atoms with Crippen molar-refractivity contribution in [2.24, 2.45) is 0 Å². The van der Waals surface area contributed by atoms with Crippen LogP contribution in [-0.2, 0) is 17.9 Å². The van der Waals surface area contributed by atoms with Gasteiger partial charge in [-0.05, 0) is 36.2 Å². The van der Waals surface area contributed by atoms with Crippen LogP contribution >= 0.6 is 0 Å². The Labute approximate surface area is 152 Å². The van der Waals surface area contributed by atoms with Gasteiger partial charge in [0.05, 0.1) is 5.52 Å². The molecule has 136 valence electrons. The van der Waals surface area contributed by atoms with Gasteiger partial charge in [-0.25, -0.2) is 9.07 Å². The highest BCUT2D eigenvalue weighted by atomic mass is 19.1. The second kappa shape index (κ2) is 8.56. The zero-order chi connectivity index (χ0) is 18.4. The number of halogens is 1. The number of para-hydroxylation sites is 1. The molecule has 0 aliphatic carbocycles. The standard InChI is InChI=1S/C20H23FN4O/c1-2-3-6-13-24(14-16-9-11-17(21)12-10-16)20(26)15-25-19-8-5-4-7-18(19)22-23-25/h4-5,7-12H,2-3,6,13-15H2,1H3. The molecule has 5 nitrogen and oxygen atoms in total. The number of carbonyl (C=O) groups excluding carboxylic acids is 1. The predicted octanol–water partition coefficient (Wildman–Crippen LogP) is 3.79. The molecule has 0 N–H and O–H groups in total. The fourth-order valence-corrected chi connectivity index (χ4v) is 2.92. The summed E-state index contributed by atoms with van der Waals surface area (Å²) in [5.74, 6) is -0.284. The molecule has 0 atom stereocenters. The van der Waals surface area contributed by atoms with E-state index in [1.54, 1.807) is 16.8 Å². The molecule has 0 bridgehead atoms. The van der Waals surface area contributed by atoms with Gasteiger partial charge >= 0.3 is 0 Å². The minimum atomic E-state index is -0.272. The van der Waals surface area contributed by atoms with Gasteiger partial charge in [-0.1, -0.05) is 49.2 Å². The van der Waals surface area contributed by atoms with Crippen LogP contribution in [0.5, 0.6) is 0 Å². The molecule has 0 aliphatic rings. The molecule has 26 heavy (non-hydrogen) atoms. The van der Waals surface area contributed by atoms with Crippen LogP contribution < -0.4 is 0 Å². The van der Waals surface area contributed by atoms with Gasteiger partial charge < -0.3 is 4.90 Å². The van der Waals surface area contributed by atoms with E-state index in [-0.39, 0.29) is 18.3 Å². The third-order valence-electron chi connectivity index (χ3n) is 4.38. The highest BCUT2D eigenvalue weighted by molar-refractivity contribution is 5.79. The van der Waals surface area contributed by atoms with Crippen LogP contribution in [0.4, 0.5) is 4.39 Å². The number of fused-ring (bicyclic) bond motifs is 1. The van der Waals surface area contributed by atoms with Gasteiger partial charge in [-0.3, -0.25) is 4.79 Å². The van der Waals surface area contributed by atoms with E-state index in [0.29, 0.717) is 13.1 Å². The summed E-state index contributed by atoms with van der Waals surface area (Å²) in [5, 5.41) is 8.20. The summed E-state index contributed by atoms with van der Waals surface area (Å²) in [6.07, 6.45) is 3.10. The number of nitrogens with zero attached hydrogens (tertiary/aromatic N) is 4. The Hall–Kier alpha value is -2.76. The van der Waals surface area contributed by atoms with E-state index in [0.717, 1.165) is 35.9 Å². The highest BCUT2D eigenvalue weighted by Crippen LogP contribution is 2.12. The normalized spacial score (nSPS) is 11.0. The monoisotopic (exact) mass is 354 g/mol. The van der Waals surface area contributed by atoms with Crippen LogP contribution in [0.25, 0.3) is 11.0 Å². The maximum absolute atomic E-state index is 13.1. The second-order valence-electron chi connectivity index (χ2n) is 6.38. The lowest BCUT2D eigenvalue weighted by molar-refractivity contribution is -0.132. The number of hydrogen-bond donors (Lipinski definition) is 0. The lowest BCUT2D eigenvalue weighted by Gasteiger charge is -2.23. The fourth-order valence-electron chi connectivity index (χ4n) is 2.92. The van der Waals surface area contributed by atoms with E-state index < -0.39 is 0 Å². The van der Waals surface area contributed by atoms with Crippen molar-refractivity contribution in [3.63, 3.8) is 0 Å². The van der Waals surface area contributed by atoms with E-state index in [4.69, 9.17) is 0 Å². The molecule has 0 fully saturated rings. The molecule has 0 unspecified atom stereocenters. The van der Waals surface area contributed by atoms with Crippen LogP contribution in [-0.4, -0.2) is 32.3 Å². The van der Waals surface area contributed by atoms with E-state index in [2.05, 4.69) is 17.2 Å². The molecule has 2 aromatic carbocycles. The maximum atomic E-state index is 13.1. The van der Waals surface area contributed by atoms with Crippen LogP contribution in [0.3, 0.4) is 0 Å². The summed E-state index contributed by atoms with van der Waals surface area (Å²) in [4.78, 5) is 14.7. The van der Waals surface area contributed by atoms with Gasteiger partial charge in [0, 0.05) is 13.1 Å². The minimum Gasteiger partial charge on any atom is -0.337 e. The SMILES string of the molecule is CCCCCN(Cc1ccc(F)cc1)C(=O)Cn1nnc2ccccc21. The van der Waals surface area contributed by atoms with Crippen molar-refractivity contribution < 1.29 is 9.18 Å². The number of rotatable bonds is 8. The Kier molecular flexibility index (Phi) is 5.94. The Morgan fingerprint density at radius 2 is 1.88 bits per heavy atom. The Bertz CT molecular complexity index is 860. The number of unbranched alkanes of at least 4 members (excludes halogenated alkanes) is 2. The van der Waals surface area contributed by atoms with Gasteiger partial charge in [-0.15, -0.1) is 5.10 Å². The summed E-state index contributed by atoms with van der Waals surface area (Å²) in [6.45, 7) is 3.42. The first-order chi connectivity index (χ1) is 12.7. The van der Waals surface area contributed by atoms with Crippen LogP contribution in [0, 0.1) is 5.82 Å². The summed E-state index contributed by atoms with van der Waals surface area (Å²) in [6, 6.07) is 13.9. The largest absolute Gasteiger partial charge is 0.337 e. The number of carbonyl (C=O) groups is 1. The lowest BCUT2D eigenvalue weighted by Crippen LogP contribution is -2.34. The average molecular weight is 354 g/mol. The van der Waals surface area contributed by atoms with E-state index in [9.17, 15) is 9.18 Å². The fraction of sp³-hybridized carbons (Fsp3) is 0.350. The van der Waals surface area contributed by atoms with Crippen LogP contribution in [0.2, 0.25) is 0 Å². The molecule has 3 rings (SSSR count). The quantitative estimate of drug-likeness (QED) is 0.578. The topological polar surface area (TPSA) is 51.0 Å². The van der Waals surface area contributed by atoms with Crippen LogP contribution in [0.1, 0.15) is 31.7 Å². The molecular weight excluding hydrogens is 331 g/mol. The highest BCUT2D eigenvalue weighted by Gasteiger charge is 2.16. The van der Waals surface area contributed by atoms with Crippen molar-refractivity contribution in [2.75, 3.05) is 6.54 Å². The predicted molar refractivity (Wildman–Crippen MR) is 98.9 cm³/mol. The summed E-state index contributed by atoms with van der Waals surface area (Å²) < 4.78 is 14.8. The smallest absolute Gasteiger partial charge is 0.244 e. The summed E-state index contributed by atoms with van der Waals surface area (Å²) in [7, 11) is 0. The van der Waals surface area contributed by atoms with Crippen molar-refractivity contribution in [1.82, 2.24) is 19.9 Å². The second-order valence-corrected chi connectivity index (χ2v) is 6.38. The average Bonchev–Trinajstić information content (AvgIpc) is 3.06. The molecule has 1 amide bonds. The van der Waals surface area contributed by atoms with Crippen molar-refractivity contribution >= 4 is 16.9 Å². The number of hydrogen-bond acceptors (Lipinski definition) is 3. The molecular formula is C20H23FN4O. The maximum Gasteiger partial charge on any atom is 0.244 e. The van der Waals surface area contributed by atoms with Crippen LogP contribution in [0.15, 0.2) is 48.5 Å². The van der Waals surface area contributed by atoms with Gasteiger partial charge in [-0.2, -0.15) is 0 Å². The van der Waals surface area contributed by atoms with E-state index >= 15 is 0 Å². The molecule has 0 radical (unpaired) electrons. The van der Waals surface area contributed by atoms with Crippen molar-refractivity contribution in [2.45, 2.75) is 39.3 Å². The van der Waals surface area contributed by atoms with E-state index in [1.165, 1.54) is 12.1 Å². The molecule has 0 spiro atoms. The van der Waals surface area contributed by atoms with Gasteiger partial charge in [0.25, 0.3) is 0 Å². The molecule has 6 heteroatoms.